The molecule has 1 aromatic carbocycles. The molecule has 0 bridgehead atoms. The lowest BCUT2D eigenvalue weighted by Crippen LogP contribution is -2.42. The number of carbonyl (C=O) groups is 1. The van der Waals surface area contributed by atoms with Gasteiger partial charge in [-0.2, -0.15) is 0 Å². The van der Waals surface area contributed by atoms with Crippen molar-refractivity contribution in [3.63, 3.8) is 0 Å². The Balaban J connectivity index is 1.92. The summed E-state index contributed by atoms with van der Waals surface area (Å²) < 4.78 is 23.3. The zero-order chi connectivity index (χ0) is 17.3. The lowest BCUT2D eigenvalue weighted by molar-refractivity contribution is 0.191. The van der Waals surface area contributed by atoms with Crippen LogP contribution in [-0.4, -0.2) is 43.4 Å². The number of carbonyl (C=O) groups excluding carboxylic acids is 1. The number of urea groups is 1. The fourth-order valence-corrected chi connectivity index (χ4v) is 3.78. The first-order valence-electron chi connectivity index (χ1n) is 7.94. The Morgan fingerprint density at radius 3 is 2.61 bits per heavy atom. The maximum atomic E-state index is 12.3. The highest BCUT2D eigenvalue weighted by atomic mass is 32.2. The Morgan fingerprint density at radius 2 is 1.96 bits per heavy atom. The van der Waals surface area contributed by atoms with Crippen LogP contribution < -0.4 is 5.32 Å². The van der Waals surface area contributed by atoms with Crippen molar-refractivity contribution >= 4 is 15.9 Å². The van der Waals surface area contributed by atoms with E-state index in [0.717, 1.165) is 12.8 Å². The van der Waals surface area contributed by atoms with Crippen LogP contribution >= 0.6 is 0 Å². The number of benzene rings is 1. The van der Waals surface area contributed by atoms with Gasteiger partial charge in [0.05, 0.1) is 16.5 Å². The summed E-state index contributed by atoms with van der Waals surface area (Å²) >= 11 is 0. The lowest BCUT2D eigenvalue weighted by atomic mass is 10.1. The molecule has 0 fully saturated rings. The highest BCUT2D eigenvalue weighted by Gasteiger charge is 2.30. The molecular weight excluding hydrogens is 312 g/mol. The number of amides is 2. The summed E-state index contributed by atoms with van der Waals surface area (Å²) in [6, 6.07) is 7.98. The van der Waals surface area contributed by atoms with Crippen molar-refractivity contribution in [2.75, 3.05) is 19.3 Å². The second-order valence-electron chi connectivity index (χ2n) is 7.03. The summed E-state index contributed by atoms with van der Waals surface area (Å²) in [5, 5.41) is 2.73. The Labute approximate surface area is 139 Å². The fourth-order valence-electron chi connectivity index (χ4n) is 2.80. The molecule has 0 heterocycles. The first kappa shape index (κ1) is 17.8. The first-order valence-corrected chi connectivity index (χ1v) is 9.59. The molecular formula is C17H26N2O3S. The number of hydrogen-bond acceptors (Lipinski definition) is 3. The van der Waals surface area contributed by atoms with Gasteiger partial charge in [0.15, 0.2) is 9.84 Å². The molecule has 0 spiro atoms. The Bertz CT molecular complexity index is 677. The topological polar surface area (TPSA) is 66.5 Å². The zero-order valence-corrected chi connectivity index (χ0v) is 15.1. The molecule has 128 valence electrons. The van der Waals surface area contributed by atoms with E-state index in [9.17, 15) is 13.2 Å². The van der Waals surface area contributed by atoms with Gasteiger partial charge in [0, 0.05) is 13.6 Å². The van der Waals surface area contributed by atoms with Gasteiger partial charge in [-0.3, -0.25) is 0 Å². The number of aryl methyl sites for hydroxylation is 1. The van der Waals surface area contributed by atoms with E-state index in [1.54, 1.807) is 32.7 Å². The second-order valence-corrected chi connectivity index (χ2v) is 9.89. The monoisotopic (exact) mass is 338 g/mol. The number of sulfone groups is 1. The van der Waals surface area contributed by atoms with E-state index in [0.29, 0.717) is 0 Å². The van der Waals surface area contributed by atoms with Crippen LogP contribution in [0.3, 0.4) is 0 Å². The largest absolute Gasteiger partial charge is 0.337 e. The SMILES string of the molecule is CN(C(=O)NCCS(=O)(=O)C(C)(C)C)[C@@H]1CCc2ccccc21. The van der Waals surface area contributed by atoms with Crippen LogP contribution in [0.5, 0.6) is 0 Å². The molecule has 0 aliphatic heterocycles. The van der Waals surface area contributed by atoms with Crippen LogP contribution in [0.2, 0.25) is 0 Å². The van der Waals surface area contributed by atoms with E-state index in [4.69, 9.17) is 0 Å². The average Bonchev–Trinajstić information content (AvgIpc) is 2.88. The van der Waals surface area contributed by atoms with Crippen molar-refractivity contribution in [3.8, 4) is 0 Å². The molecule has 1 aromatic rings. The lowest BCUT2D eigenvalue weighted by Gasteiger charge is -2.26. The average molecular weight is 338 g/mol. The van der Waals surface area contributed by atoms with E-state index < -0.39 is 14.6 Å². The highest BCUT2D eigenvalue weighted by molar-refractivity contribution is 7.92. The molecule has 6 heteroatoms. The molecule has 0 saturated carbocycles. The molecule has 0 saturated heterocycles. The second kappa shape index (κ2) is 6.51. The molecule has 0 aromatic heterocycles. The quantitative estimate of drug-likeness (QED) is 0.917. The maximum absolute atomic E-state index is 12.3. The van der Waals surface area contributed by atoms with Crippen LogP contribution in [0.4, 0.5) is 4.79 Å². The third kappa shape index (κ3) is 3.86. The minimum atomic E-state index is -3.22. The minimum absolute atomic E-state index is 0.0443. The van der Waals surface area contributed by atoms with Gasteiger partial charge in [-0.15, -0.1) is 0 Å². The first-order chi connectivity index (χ1) is 10.6. The molecule has 2 rings (SSSR count). The number of rotatable bonds is 4. The fraction of sp³-hybridized carbons (Fsp3) is 0.588. The molecule has 2 amide bonds. The summed E-state index contributed by atoms with van der Waals surface area (Å²) in [5.74, 6) is -0.0443. The number of nitrogens with zero attached hydrogens (tertiary/aromatic N) is 1. The van der Waals surface area contributed by atoms with Crippen LogP contribution in [0.15, 0.2) is 24.3 Å². The Kier molecular flexibility index (Phi) is 5.04. The smallest absolute Gasteiger partial charge is 0.317 e. The van der Waals surface area contributed by atoms with Crippen molar-refractivity contribution < 1.29 is 13.2 Å². The van der Waals surface area contributed by atoms with Gasteiger partial charge < -0.3 is 10.2 Å². The van der Waals surface area contributed by atoms with Gasteiger partial charge in [0.1, 0.15) is 0 Å². The third-order valence-electron chi connectivity index (χ3n) is 4.47. The van der Waals surface area contributed by atoms with Crippen LogP contribution in [-0.2, 0) is 16.3 Å². The van der Waals surface area contributed by atoms with Gasteiger partial charge in [-0.05, 0) is 44.7 Å². The summed E-state index contributed by atoms with van der Waals surface area (Å²) in [5.41, 5.74) is 2.47. The predicted octanol–water partition coefficient (Wildman–Crippen LogP) is 2.53. The standard InChI is InChI=1S/C17H26N2O3S/c1-17(2,3)23(21,22)12-11-18-16(20)19(4)15-10-9-13-7-5-6-8-14(13)15/h5-8,15H,9-12H2,1-4H3,(H,18,20)/t15-/m1/s1. The Hall–Kier alpha value is -1.56. The predicted molar refractivity (Wildman–Crippen MR) is 92.2 cm³/mol. The molecule has 1 aliphatic carbocycles. The van der Waals surface area contributed by atoms with E-state index in [1.165, 1.54) is 11.1 Å². The number of hydrogen-bond donors (Lipinski definition) is 1. The van der Waals surface area contributed by atoms with Crippen molar-refractivity contribution in [3.05, 3.63) is 35.4 Å². The van der Waals surface area contributed by atoms with E-state index in [1.807, 2.05) is 12.1 Å². The molecule has 0 unspecified atom stereocenters. The zero-order valence-electron chi connectivity index (χ0n) is 14.3. The van der Waals surface area contributed by atoms with Gasteiger partial charge in [0.2, 0.25) is 0 Å². The summed E-state index contributed by atoms with van der Waals surface area (Å²) in [6.07, 6.45) is 1.88. The number of fused-ring (bicyclic) bond motifs is 1. The van der Waals surface area contributed by atoms with Crippen molar-refractivity contribution in [2.45, 2.75) is 44.4 Å². The van der Waals surface area contributed by atoms with E-state index in [-0.39, 0.29) is 24.4 Å². The van der Waals surface area contributed by atoms with Crippen molar-refractivity contribution in [1.29, 1.82) is 0 Å². The van der Waals surface area contributed by atoms with Gasteiger partial charge in [-0.25, -0.2) is 13.2 Å². The van der Waals surface area contributed by atoms with E-state index in [2.05, 4.69) is 17.4 Å². The minimum Gasteiger partial charge on any atom is -0.337 e. The molecule has 23 heavy (non-hydrogen) atoms. The van der Waals surface area contributed by atoms with Gasteiger partial charge in [-0.1, -0.05) is 24.3 Å². The summed E-state index contributed by atoms with van der Waals surface area (Å²) in [4.78, 5) is 14.0. The molecule has 5 nitrogen and oxygen atoms in total. The highest BCUT2D eigenvalue weighted by Crippen LogP contribution is 2.34. The summed E-state index contributed by atoms with van der Waals surface area (Å²) in [6.45, 7) is 5.15. The maximum Gasteiger partial charge on any atom is 0.317 e. The third-order valence-corrected chi connectivity index (χ3v) is 7.08. The van der Waals surface area contributed by atoms with Crippen LogP contribution in [0, 0.1) is 0 Å². The van der Waals surface area contributed by atoms with Crippen LogP contribution in [0.1, 0.15) is 44.4 Å². The summed E-state index contributed by atoms with van der Waals surface area (Å²) in [7, 11) is -1.46. The van der Waals surface area contributed by atoms with Gasteiger partial charge in [0.25, 0.3) is 0 Å². The molecule has 1 atom stereocenters. The van der Waals surface area contributed by atoms with E-state index >= 15 is 0 Å². The molecule has 1 aliphatic rings. The van der Waals surface area contributed by atoms with Crippen LogP contribution in [0.25, 0.3) is 0 Å². The van der Waals surface area contributed by atoms with Crippen molar-refractivity contribution in [1.82, 2.24) is 10.2 Å². The molecule has 0 radical (unpaired) electrons. The van der Waals surface area contributed by atoms with Gasteiger partial charge >= 0.3 is 6.03 Å². The van der Waals surface area contributed by atoms with Crippen molar-refractivity contribution in [2.24, 2.45) is 0 Å². The number of nitrogens with one attached hydrogen (secondary N) is 1. The Morgan fingerprint density at radius 1 is 1.30 bits per heavy atom. The normalized spacial score (nSPS) is 17.7. The molecule has 1 N–H and O–H groups in total.